The monoisotopic (exact) mass is 370 g/mol. The average molecular weight is 370 g/mol. The molecule has 1 saturated carbocycles. The Kier molecular flexibility index (Phi) is 4.32. The number of para-hydroxylation sites is 1. The minimum atomic E-state index is -0.450. The van der Waals surface area contributed by atoms with E-state index < -0.39 is 5.54 Å². The van der Waals surface area contributed by atoms with E-state index in [1.165, 1.54) is 4.90 Å². The van der Waals surface area contributed by atoms with Gasteiger partial charge in [-0.15, -0.1) is 0 Å². The van der Waals surface area contributed by atoms with Gasteiger partial charge in [-0.1, -0.05) is 18.2 Å². The number of ether oxygens (including phenoxy) is 1. The van der Waals surface area contributed by atoms with E-state index in [0.29, 0.717) is 19.6 Å². The van der Waals surface area contributed by atoms with Crippen LogP contribution in [0, 0.1) is 11.8 Å². The van der Waals surface area contributed by atoms with Crippen LogP contribution in [-0.4, -0.2) is 41.4 Å². The molecule has 0 bridgehead atoms. The van der Waals surface area contributed by atoms with Crippen LogP contribution in [0.15, 0.2) is 29.3 Å². The second-order valence-electron chi connectivity index (χ2n) is 8.30. The molecule has 4 rings (SSSR count). The first-order chi connectivity index (χ1) is 12.8. The van der Waals surface area contributed by atoms with Crippen molar-refractivity contribution in [3.05, 3.63) is 29.8 Å². The molecule has 3 N–H and O–H groups in total. The summed E-state index contributed by atoms with van der Waals surface area (Å²) in [5, 5.41) is 3.16. The highest BCUT2D eigenvalue weighted by atomic mass is 16.5. The number of nitrogens with two attached hydrogens (primary N) is 1. The summed E-state index contributed by atoms with van der Waals surface area (Å²) in [6.07, 6.45) is 1.88. The Morgan fingerprint density at radius 1 is 1.41 bits per heavy atom. The standard InChI is InChI=1S/C20H26N4O3/c1-20(2)10-17(25)24(19(21)23-20)11-12-9-14(12)18(26)22-15-7-8-27-16-6-4-3-5-13(15)16/h3-6,12,14-15H,7-11H2,1-2H3,(H2,21,23)(H,22,26)/t12-,14?,15+/m1/s1. The van der Waals surface area contributed by atoms with Crippen LogP contribution >= 0.6 is 0 Å². The fourth-order valence-corrected chi connectivity index (χ4v) is 3.97. The van der Waals surface area contributed by atoms with Crippen molar-refractivity contribution in [3.63, 3.8) is 0 Å². The summed E-state index contributed by atoms with van der Waals surface area (Å²) in [7, 11) is 0. The van der Waals surface area contributed by atoms with Gasteiger partial charge in [0.1, 0.15) is 5.75 Å². The predicted molar refractivity (Wildman–Crippen MR) is 101 cm³/mol. The summed E-state index contributed by atoms with van der Waals surface area (Å²) in [6, 6.07) is 7.79. The van der Waals surface area contributed by atoms with Gasteiger partial charge in [-0.25, -0.2) is 4.99 Å². The van der Waals surface area contributed by atoms with E-state index >= 15 is 0 Å². The van der Waals surface area contributed by atoms with Crippen LogP contribution in [0.2, 0.25) is 0 Å². The zero-order valence-corrected chi connectivity index (χ0v) is 15.8. The van der Waals surface area contributed by atoms with E-state index in [4.69, 9.17) is 10.5 Å². The van der Waals surface area contributed by atoms with Gasteiger partial charge in [0.05, 0.1) is 24.6 Å². The van der Waals surface area contributed by atoms with Gasteiger partial charge in [-0.2, -0.15) is 0 Å². The van der Waals surface area contributed by atoms with E-state index in [9.17, 15) is 9.59 Å². The quantitative estimate of drug-likeness (QED) is 0.841. The molecule has 2 amide bonds. The summed E-state index contributed by atoms with van der Waals surface area (Å²) in [4.78, 5) is 31.0. The highest BCUT2D eigenvalue weighted by Gasteiger charge is 2.46. The lowest BCUT2D eigenvalue weighted by Crippen LogP contribution is -2.50. The lowest BCUT2D eigenvalue weighted by Gasteiger charge is -2.32. The molecule has 144 valence electrons. The highest BCUT2D eigenvalue weighted by molar-refractivity contribution is 5.99. The van der Waals surface area contributed by atoms with Crippen LogP contribution in [-0.2, 0) is 9.59 Å². The molecule has 7 nitrogen and oxygen atoms in total. The van der Waals surface area contributed by atoms with Gasteiger partial charge in [0.2, 0.25) is 11.8 Å². The lowest BCUT2D eigenvalue weighted by molar-refractivity contribution is -0.130. The molecule has 0 radical (unpaired) electrons. The fraction of sp³-hybridized carbons (Fsp3) is 0.550. The zero-order valence-electron chi connectivity index (χ0n) is 15.8. The van der Waals surface area contributed by atoms with Gasteiger partial charge in [0.15, 0.2) is 5.96 Å². The van der Waals surface area contributed by atoms with Crippen LogP contribution in [0.3, 0.4) is 0 Å². The van der Waals surface area contributed by atoms with Crippen molar-refractivity contribution in [1.29, 1.82) is 0 Å². The Bertz CT molecular complexity index is 804. The van der Waals surface area contributed by atoms with E-state index in [2.05, 4.69) is 10.3 Å². The highest BCUT2D eigenvalue weighted by Crippen LogP contribution is 2.41. The maximum atomic E-state index is 12.7. The first-order valence-electron chi connectivity index (χ1n) is 9.52. The molecular weight excluding hydrogens is 344 g/mol. The van der Waals surface area contributed by atoms with Gasteiger partial charge in [-0.05, 0) is 32.3 Å². The molecule has 2 aliphatic heterocycles. The maximum absolute atomic E-state index is 12.7. The minimum Gasteiger partial charge on any atom is -0.493 e. The number of rotatable bonds is 4. The largest absolute Gasteiger partial charge is 0.493 e. The zero-order chi connectivity index (χ0) is 19.2. The molecular formula is C20H26N4O3. The third kappa shape index (κ3) is 3.63. The van der Waals surface area contributed by atoms with Crippen LogP contribution < -0.4 is 15.8 Å². The number of benzene rings is 1. The van der Waals surface area contributed by atoms with E-state index in [0.717, 1.165) is 24.2 Å². The second kappa shape index (κ2) is 6.55. The number of amides is 2. The molecule has 1 aliphatic carbocycles. The molecule has 3 atom stereocenters. The maximum Gasteiger partial charge on any atom is 0.231 e. The van der Waals surface area contributed by atoms with Gasteiger partial charge in [-0.3, -0.25) is 14.5 Å². The van der Waals surface area contributed by atoms with Crippen molar-refractivity contribution in [1.82, 2.24) is 10.2 Å². The minimum absolute atomic E-state index is 0.0167. The first kappa shape index (κ1) is 17.8. The number of carbonyl (C=O) groups is 2. The van der Waals surface area contributed by atoms with E-state index in [1.807, 2.05) is 38.1 Å². The molecule has 1 aromatic carbocycles. The number of hydrogen-bond acceptors (Lipinski definition) is 5. The van der Waals surface area contributed by atoms with Crippen LogP contribution in [0.25, 0.3) is 0 Å². The Morgan fingerprint density at radius 2 is 2.19 bits per heavy atom. The fourth-order valence-electron chi connectivity index (χ4n) is 3.97. The normalized spacial score (nSPS) is 28.7. The Balaban J connectivity index is 1.36. The van der Waals surface area contributed by atoms with Crippen LogP contribution in [0.4, 0.5) is 0 Å². The van der Waals surface area contributed by atoms with Crippen molar-refractivity contribution in [2.24, 2.45) is 22.6 Å². The van der Waals surface area contributed by atoms with Gasteiger partial charge in [0.25, 0.3) is 0 Å². The van der Waals surface area contributed by atoms with Crippen LogP contribution in [0.5, 0.6) is 5.75 Å². The smallest absolute Gasteiger partial charge is 0.231 e. The molecule has 0 saturated heterocycles. The van der Waals surface area contributed by atoms with E-state index in [-0.39, 0.29) is 35.7 Å². The number of aliphatic imine (C=N–C) groups is 1. The summed E-state index contributed by atoms with van der Waals surface area (Å²) < 4.78 is 5.65. The predicted octanol–water partition coefficient (Wildman–Crippen LogP) is 1.59. The molecule has 0 spiro atoms. The molecule has 1 unspecified atom stereocenters. The number of guanidine groups is 1. The van der Waals surface area contributed by atoms with E-state index in [1.54, 1.807) is 0 Å². The van der Waals surface area contributed by atoms with Crippen LogP contribution in [0.1, 0.15) is 44.7 Å². The van der Waals surface area contributed by atoms with Crippen molar-refractivity contribution in [3.8, 4) is 5.75 Å². The molecule has 27 heavy (non-hydrogen) atoms. The number of carbonyl (C=O) groups excluding carboxylic acids is 2. The molecule has 2 heterocycles. The van der Waals surface area contributed by atoms with Crippen molar-refractivity contribution < 1.29 is 14.3 Å². The Labute approximate surface area is 159 Å². The van der Waals surface area contributed by atoms with Gasteiger partial charge in [0, 0.05) is 24.4 Å². The van der Waals surface area contributed by atoms with Gasteiger partial charge < -0.3 is 15.8 Å². The van der Waals surface area contributed by atoms with Crippen molar-refractivity contribution in [2.45, 2.75) is 44.7 Å². The topological polar surface area (TPSA) is 97.0 Å². The number of nitrogens with zero attached hydrogens (tertiary/aromatic N) is 2. The third-order valence-corrected chi connectivity index (χ3v) is 5.53. The SMILES string of the molecule is CC1(C)CC(=O)N(C[C@H]2CC2C(=O)N[C@H]2CCOc3ccccc32)C(N)=N1. The van der Waals surface area contributed by atoms with Gasteiger partial charge >= 0.3 is 0 Å². The molecule has 1 aromatic rings. The lowest BCUT2D eigenvalue weighted by atomic mass is 9.99. The Hall–Kier alpha value is -2.57. The molecule has 3 aliphatic rings. The molecule has 1 fully saturated rings. The number of nitrogens with one attached hydrogen (secondary N) is 1. The summed E-state index contributed by atoms with van der Waals surface area (Å²) >= 11 is 0. The molecule has 7 heteroatoms. The summed E-state index contributed by atoms with van der Waals surface area (Å²) in [5.41, 5.74) is 6.56. The Morgan fingerprint density at radius 3 is 2.96 bits per heavy atom. The van der Waals surface area contributed by atoms with Crippen molar-refractivity contribution >= 4 is 17.8 Å². The first-order valence-corrected chi connectivity index (χ1v) is 9.52. The average Bonchev–Trinajstić information content (AvgIpc) is 3.37. The summed E-state index contributed by atoms with van der Waals surface area (Å²) in [5.74, 6) is 1.20. The molecule has 0 aromatic heterocycles. The number of hydrogen-bond donors (Lipinski definition) is 2. The summed E-state index contributed by atoms with van der Waals surface area (Å²) in [6.45, 7) is 4.86. The second-order valence-corrected chi connectivity index (χ2v) is 8.30. The third-order valence-electron chi connectivity index (χ3n) is 5.53. The number of fused-ring (bicyclic) bond motifs is 1. The van der Waals surface area contributed by atoms with Crippen molar-refractivity contribution in [2.75, 3.05) is 13.2 Å².